The highest BCUT2D eigenvalue weighted by Gasteiger charge is 2.06. The molecule has 0 atom stereocenters. The average Bonchev–Trinajstić information content (AvgIpc) is 3.15. The van der Waals surface area contributed by atoms with Crippen LogP contribution in [0.15, 0.2) is 46.1 Å². The Hall–Kier alpha value is -2.54. The Balaban J connectivity index is 1.71. The lowest BCUT2D eigenvalue weighted by Crippen LogP contribution is -2.41. The first-order valence-electron chi connectivity index (χ1n) is 8.13. The second-order valence-corrected chi connectivity index (χ2v) is 5.55. The van der Waals surface area contributed by atoms with E-state index in [-0.39, 0.29) is 5.91 Å². The summed E-state index contributed by atoms with van der Waals surface area (Å²) in [4.78, 5) is 20.3. The Morgan fingerprint density at radius 1 is 1.24 bits per heavy atom. The number of carbonyl (C=O) groups excluding carboxylic acids is 1. The molecule has 0 fully saturated rings. The molecule has 7 nitrogen and oxygen atoms in total. The third kappa shape index (κ3) is 6.84. The van der Waals surface area contributed by atoms with Crippen molar-refractivity contribution >= 4 is 23.5 Å². The summed E-state index contributed by atoms with van der Waals surface area (Å²) < 4.78 is 5.03. The summed E-state index contributed by atoms with van der Waals surface area (Å²) in [5.41, 5.74) is 1.08. The Morgan fingerprint density at radius 2 is 2.08 bits per heavy atom. The first-order valence-corrected chi connectivity index (χ1v) is 8.51. The molecule has 0 aromatic carbocycles. The summed E-state index contributed by atoms with van der Waals surface area (Å²) in [5, 5.41) is 9.59. The number of aromatic nitrogens is 1. The van der Waals surface area contributed by atoms with Crippen molar-refractivity contribution in [1.29, 1.82) is 0 Å². The van der Waals surface area contributed by atoms with Gasteiger partial charge in [0.2, 0.25) is 0 Å². The van der Waals surface area contributed by atoms with Crippen LogP contribution in [0.25, 0.3) is 0 Å². The number of rotatable bonds is 8. The lowest BCUT2D eigenvalue weighted by molar-refractivity contribution is 0.0926. The standard InChI is InChI=1S/C17H22ClN5O2/c1-2-19-17(21-8-7-13-5-6-15(18)23-12-13)22-10-9-20-16(24)14-4-3-11-25-14/h3-6,11-12H,2,7-10H2,1H3,(H,20,24)(H2,19,21,22). The predicted molar refractivity (Wildman–Crippen MR) is 98.0 cm³/mol. The van der Waals surface area contributed by atoms with E-state index in [1.807, 2.05) is 13.0 Å². The monoisotopic (exact) mass is 363 g/mol. The maximum atomic E-state index is 11.7. The van der Waals surface area contributed by atoms with Crippen LogP contribution in [0.1, 0.15) is 23.0 Å². The normalized spacial score (nSPS) is 11.2. The summed E-state index contributed by atoms with van der Waals surface area (Å²) >= 11 is 5.77. The molecule has 134 valence electrons. The molecule has 2 rings (SSSR count). The number of aliphatic imine (C=N–C) groups is 1. The van der Waals surface area contributed by atoms with Gasteiger partial charge in [-0.05, 0) is 37.1 Å². The fourth-order valence-electron chi connectivity index (χ4n) is 2.04. The lowest BCUT2D eigenvalue weighted by atomic mass is 10.2. The van der Waals surface area contributed by atoms with Crippen LogP contribution in [0, 0.1) is 0 Å². The zero-order chi connectivity index (χ0) is 17.9. The van der Waals surface area contributed by atoms with Gasteiger partial charge in [0.1, 0.15) is 5.15 Å². The van der Waals surface area contributed by atoms with E-state index < -0.39 is 0 Å². The second-order valence-electron chi connectivity index (χ2n) is 5.16. The lowest BCUT2D eigenvalue weighted by Gasteiger charge is -2.11. The Morgan fingerprint density at radius 3 is 2.76 bits per heavy atom. The molecule has 0 bridgehead atoms. The Labute approximate surface area is 151 Å². The van der Waals surface area contributed by atoms with Gasteiger partial charge in [0.05, 0.1) is 6.26 Å². The zero-order valence-electron chi connectivity index (χ0n) is 14.1. The maximum absolute atomic E-state index is 11.7. The third-order valence-corrected chi connectivity index (χ3v) is 3.47. The molecule has 1 amide bonds. The van der Waals surface area contributed by atoms with Crippen molar-refractivity contribution in [2.75, 3.05) is 26.2 Å². The molecular formula is C17H22ClN5O2. The van der Waals surface area contributed by atoms with Crippen LogP contribution in [0.3, 0.4) is 0 Å². The minimum atomic E-state index is -0.232. The van der Waals surface area contributed by atoms with E-state index in [2.05, 4.69) is 25.9 Å². The first-order chi connectivity index (χ1) is 12.2. The second kappa shape index (κ2) is 10.4. The van der Waals surface area contributed by atoms with Crippen LogP contribution < -0.4 is 16.0 Å². The smallest absolute Gasteiger partial charge is 0.287 e. The minimum Gasteiger partial charge on any atom is -0.459 e. The fourth-order valence-corrected chi connectivity index (χ4v) is 2.16. The SMILES string of the molecule is CCNC(=NCCc1ccc(Cl)nc1)NCCNC(=O)c1ccco1. The van der Waals surface area contributed by atoms with Crippen LogP contribution in [-0.2, 0) is 6.42 Å². The number of amides is 1. The van der Waals surface area contributed by atoms with Gasteiger partial charge in [-0.15, -0.1) is 0 Å². The van der Waals surface area contributed by atoms with Gasteiger partial charge < -0.3 is 20.4 Å². The van der Waals surface area contributed by atoms with Gasteiger partial charge in [-0.1, -0.05) is 17.7 Å². The first kappa shape index (κ1) is 18.8. The van der Waals surface area contributed by atoms with Crippen molar-refractivity contribution in [3.63, 3.8) is 0 Å². The van der Waals surface area contributed by atoms with Gasteiger partial charge >= 0.3 is 0 Å². The van der Waals surface area contributed by atoms with Gasteiger partial charge in [0, 0.05) is 32.4 Å². The molecule has 0 spiro atoms. The largest absolute Gasteiger partial charge is 0.459 e. The molecule has 0 saturated carbocycles. The van der Waals surface area contributed by atoms with Crippen LogP contribution in [0.4, 0.5) is 0 Å². The van der Waals surface area contributed by atoms with Gasteiger partial charge in [0.15, 0.2) is 11.7 Å². The van der Waals surface area contributed by atoms with Crippen LogP contribution in [-0.4, -0.2) is 43.0 Å². The number of guanidine groups is 1. The molecule has 2 aromatic rings. The predicted octanol–water partition coefficient (Wildman–Crippen LogP) is 1.86. The number of hydrogen-bond acceptors (Lipinski definition) is 4. The third-order valence-electron chi connectivity index (χ3n) is 3.25. The van der Waals surface area contributed by atoms with Crippen molar-refractivity contribution < 1.29 is 9.21 Å². The van der Waals surface area contributed by atoms with Crippen molar-refractivity contribution in [1.82, 2.24) is 20.9 Å². The number of carbonyl (C=O) groups is 1. The highest BCUT2D eigenvalue weighted by molar-refractivity contribution is 6.29. The van der Waals surface area contributed by atoms with Crippen molar-refractivity contribution in [3.8, 4) is 0 Å². The number of halogens is 1. The molecule has 0 aliphatic carbocycles. The van der Waals surface area contributed by atoms with E-state index in [1.165, 1.54) is 6.26 Å². The molecule has 0 unspecified atom stereocenters. The van der Waals surface area contributed by atoms with E-state index in [1.54, 1.807) is 24.4 Å². The average molecular weight is 364 g/mol. The van der Waals surface area contributed by atoms with Gasteiger partial charge in [-0.25, -0.2) is 4.98 Å². The summed E-state index contributed by atoms with van der Waals surface area (Å²) in [6, 6.07) is 7.01. The number of nitrogens with one attached hydrogen (secondary N) is 3. The van der Waals surface area contributed by atoms with E-state index >= 15 is 0 Å². The van der Waals surface area contributed by atoms with Crippen molar-refractivity contribution in [3.05, 3.63) is 53.2 Å². The number of pyridine rings is 1. The molecule has 2 aromatic heterocycles. The maximum Gasteiger partial charge on any atom is 0.287 e. The van der Waals surface area contributed by atoms with Crippen molar-refractivity contribution in [2.24, 2.45) is 4.99 Å². The molecule has 25 heavy (non-hydrogen) atoms. The van der Waals surface area contributed by atoms with Crippen LogP contribution >= 0.6 is 11.6 Å². The summed E-state index contributed by atoms with van der Waals surface area (Å²) in [6.45, 7) is 4.40. The quantitative estimate of drug-likeness (QED) is 0.288. The molecule has 0 aliphatic heterocycles. The number of furan rings is 1. The highest BCUT2D eigenvalue weighted by atomic mass is 35.5. The summed E-state index contributed by atoms with van der Waals surface area (Å²) in [5.74, 6) is 0.776. The molecular weight excluding hydrogens is 342 g/mol. The molecule has 0 radical (unpaired) electrons. The van der Waals surface area contributed by atoms with Gasteiger partial charge in [-0.2, -0.15) is 0 Å². The van der Waals surface area contributed by atoms with Crippen molar-refractivity contribution in [2.45, 2.75) is 13.3 Å². The summed E-state index contributed by atoms with van der Waals surface area (Å²) in [7, 11) is 0. The summed E-state index contributed by atoms with van der Waals surface area (Å²) in [6.07, 6.45) is 4.00. The molecule has 8 heteroatoms. The van der Waals surface area contributed by atoms with Gasteiger partial charge in [-0.3, -0.25) is 9.79 Å². The minimum absolute atomic E-state index is 0.232. The van der Waals surface area contributed by atoms with Crippen LogP contribution in [0.2, 0.25) is 5.15 Å². The van der Waals surface area contributed by atoms with E-state index in [9.17, 15) is 4.79 Å². The molecule has 2 heterocycles. The zero-order valence-corrected chi connectivity index (χ0v) is 14.8. The van der Waals surface area contributed by atoms with E-state index in [4.69, 9.17) is 16.0 Å². The van der Waals surface area contributed by atoms with Gasteiger partial charge in [0.25, 0.3) is 5.91 Å². The van der Waals surface area contributed by atoms with E-state index in [0.29, 0.717) is 36.5 Å². The van der Waals surface area contributed by atoms with E-state index in [0.717, 1.165) is 18.5 Å². The van der Waals surface area contributed by atoms with Crippen LogP contribution in [0.5, 0.6) is 0 Å². The topological polar surface area (TPSA) is 91.5 Å². The Bertz CT molecular complexity index is 671. The molecule has 0 aliphatic rings. The molecule has 0 saturated heterocycles. The highest BCUT2D eigenvalue weighted by Crippen LogP contribution is 2.05. The molecule has 3 N–H and O–H groups in total. The Kier molecular flexibility index (Phi) is 7.78. The number of nitrogens with zero attached hydrogens (tertiary/aromatic N) is 2. The fraction of sp³-hybridized carbons (Fsp3) is 0.353. The number of hydrogen-bond donors (Lipinski definition) is 3.